The van der Waals surface area contributed by atoms with Crippen molar-refractivity contribution in [2.75, 3.05) is 26.9 Å². The molecule has 2 aromatic rings. The maximum Gasteiger partial charge on any atom is 0.228 e. The van der Waals surface area contributed by atoms with Crippen molar-refractivity contribution < 1.29 is 14.0 Å². The minimum Gasteiger partial charge on any atom is -0.481 e. The summed E-state index contributed by atoms with van der Waals surface area (Å²) in [6.07, 6.45) is 3.04. The Bertz CT molecular complexity index is 564. The molecule has 21 heavy (non-hydrogen) atoms. The van der Waals surface area contributed by atoms with Gasteiger partial charge in [0.15, 0.2) is 5.82 Å². The molecular weight excluding hydrogens is 272 g/mol. The fourth-order valence-corrected chi connectivity index (χ4v) is 2.23. The summed E-state index contributed by atoms with van der Waals surface area (Å²) in [5.74, 6) is 1.89. The summed E-state index contributed by atoms with van der Waals surface area (Å²) in [6, 6.07) is 4.01. The lowest BCUT2D eigenvalue weighted by atomic mass is 10.2. The van der Waals surface area contributed by atoms with Gasteiger partial charge in [-0.2, -0.15) is 4.98 Å². The molecular formula is C14H18N4O3. The molecule has 0 radical (unpaired) electrons. The molecule has 2 aromatic heterocycles. The van der Waals surface area contributed by atoms with Crippen LogP contribution in [0.15, 0.2) is 22.9 Å². The number of nitrogens with zero attached hydrogens (tertiary/aromatic N) is 3. The van der Waals surface area contributed by atoms with Crippen LogP contribution in [0.25, 0.3) is 0 Å². The van der Waals surface area contributed by atoms with Crippen LogP contribution >= 0.6 is 0 Å². The van der Waals surface area contributed by atoms with E-state index in [2.05, 4.69) is 20.4 Å². The van der Waals surface area contributed by atoms with Crippen LogP contribution in [0.3, 0.4) is 0 Å². The largest absolute Gasteiger partial charge is 0.481 e. The summed E-state index contributed by atoms with van der Waals surface area (Å²) in [6.45, 7) is 2.30. The Balaban J connectivity index is 1.58. The maximum absolute atomic E-state index is 5.41. The second kappa shape index (κ2) is 6.64. The zero-order chi connectivity index (χ0) is 14.5. The van der Waals surface area contributed by atoms with Crippen LogP contribution in [0, 0.1) is 0 Å². The highest BCUT2D eigenvalue weighted by atomic mass is 16.5. The number of methoxy groups -OCH3 is 1. The number of ether oxygens (including phenoxy) is 2. The molecule has 0 aliphatic carbocycles. The van der Waals surface area contributed by atoms with Crippen molar-refractivity contribution in [3.63, 3.8) is 0 Å². The van der Waals surface area contributed by atoms with Gasteiger partial charge in [-0.3, -0.25) is 0 Å². The highest BCUT2D eigenvalue weighted by Gasteiger charge is 2.17. The van der Waals surface area contributed by atoms with E-state index in [4.69, 9.17) is 14.0 Å². The first kappa shape index (κ1) is 14.0. The number of hydrogen-bond acceptors (Lipinski definition) is 7. The van der Waals surface area contributed by atoms with Gasteiger partial charge in [0, 0.05) is 37.7 Å². The van der Waals surface area contributed by atoms with Crippen molar-refractivity contribution >= 4 is 0 Å². The van der Waals surface area contributed by atoms with Gasteiger partial charge in [0.25, 0.3) is 0 Å². The molecule has 7 heteroatoms. The number of aromatic nitrogens is 3. The van der Waals surface area contributed by atoms with Gasteiger partial charge in [-0.1, -0.05) is 11.2 Å². The molecule has 0 amide bonds. The molecule has 3 rings (SSSR count). The van der Waals surface area contributed by atoms with E-state index in [1.807, 2.05) is 12.1 Å². The van der Waals surface area contributed by atoms with Crippen molar-refractivity contribution in [1.82, 2.24) is 20.4 Å². The lowest BCUT2D eigenvalue weighted by molar-refractivity contribution is 0.0744. The lowest BCUT2D eigenvalue weighted by Crippen LogP contribution is -2.42. The molecule has 0 aromatic carbocycles. The monoisotopic (exact) mass is 290 g/mol. The average molecular weight is 290 g/mol. The molecule has 0 bridgehead atoms. The summed E-state index contributed by atoms with van der Waals surface area (Å²) < 4.78 is 15.7. The first-order valence-corrected chi connectivity index (χ1v) is 6.95. The van der Waals surface area contributed by atoms with Gasteiger partial charge in [0.1, 0.15) is 0 Å². The molecule has 1 atom stereocenters. The van der Waals surface area contributed by atoms with Gasteiger partial charge < -0.3 is 19.3 Å². The Morgan fingerprint density at radius 2 is 2.38 bits per heavy atom. The van der Waals surface area contributed by atoms with Crippen molar-refractivity contribution in [3.05, 3.63) is 35.6 Å². The molecule has 1 aliphatic heterocycles. The van der Waals surface area contributed by atoms with Crippen LogP contribution in [0.4, 0.5) is 0 Å². The molecule has 7 nitrogen and oxygen atoms in total. The Hall–Kier alpha value is -1.99. The van der Waals surface area contributed by atoms with Gasteiger partial charge in [-0.15, -0.1) is 0 Å². The molecule has 0 saturated carbocycles. The van der Waals surface area contributed by atoms with Gasteiger partial charge in [-0.25, -0.2) is 4.98 Å². The second-order valence-electron chi connectivity index (χ2n) is 4.92. The minimum absolute atomic E-state index is 0.245. The predicted octanol–water partition coefficient (Wildman–Crippen LogP) is 0.595. The summed E-state index contributed by atoms with van der Waals surface area (Å²) in [4.78, 5) is 8.57. The Kier molecular flexibility index (Phi) is 4.42. The standard InChI is InChI=1S/C14H18N4O3/c1-19-13-3-2-10(8-16-13)6-12-17-14(21-18-12)7-11-9-20-5-4-15-11/h2-3,8,11,15H,4-7,9H2,1H3. The van der Waals surface area contributed by atoms with E-state index in [-0.39, 0.29) is 6.04 Å². The summed E-state index contributed by atoms with van der Waals surface area (Å²) in [5.41, 5.74) is 1.02. The van der Waals surface area contributed by atoms with Gasteiger partial charge in [0.2, 0.25) is 11.8 Å². The molecule has 112 valence electrons. The van der Waals surface area contributed by atoms with E-state index < -0.39 is 0 Å². The number of pyridine rings is 1. The summed E-state index contributed by atoms with van der Waals surface area (Å²) in [5, 5.41) is 7.37. The van der Waals surface area contributed by atoms with Crippen molar-refractivity contribution in [2.45, 2.75) is 18.9 Å². The molecule has 3 heterocycles. The Morgan fingerprint density at radius 1 is 1.43 bits per heavy atom. The highest BCUT2D eigenvalue weighted by Crippen LogP contribution is 2.11. The zero-order valence-corrected chi connectivity index (χ0v) is 11.9. The average Bonchev–Trinajstić information content (AvgIpc) is 2.96. The van der Waals surface area contributed by atoms with E-state index in [9.17, 15) is 0 Å². The van der Waals surface area contributed by atoms with Gasteiger partial charge in [0.05, 0.1) is 20.3 Å². The number of morpholine rings is 1. The van der Waals surface area contributed by atoms with E-state index in [0.29, 0.717) is 37.0 Å². The Labute approximate surface area is 122 Å². The smallest absolute Gasteiger partial charge is 0.228 e. The third kappa shape index (κ3) is 3.77. The SMILES string of the molecule is COc1ccc(Cc2noc(CC3COCCN3)n2)cn1. The molecule has 1 N–H and O–H groups in total. The fourth-order valence-electron chi connectivity index (χ4n) is 2.23. The van der Waals surface area contributed by atoms with E-state index >= 15 is 0 Å². The molecule has 1 fully saturated rings. The Morgan fingerprint density at radius 3 is 3.10 bits per heavy atom. The molecule has 1 aliphatic rings. The predicted molar refractivity (Wildman–Crippen MR) is 74.2 cm³/mol. The van der Waals surface area contributed by atoms with Gasteiger partial charge in [-0.05, 0) is 5.56 Å². The third-order valence-electron chi connectivity index (χ3n) is 3.30. The van der Waals surface area contributed by atoms with Crippen molar-refractivity contribution in [1.29, 1.82) is 0 Å². The van der Waals surface area contributed by atoms with Crippen LogP contribution in [0.1, 0.15) is 17.3 Å². The molecule has 0 spiro atoms. The highest BCUT2D eigenvalue weighted by molar-refractivity contribution is 5.20. The first-order chi connectivity index (χ1) is 10.3. The van der Waals surface area contributed by atoms with Crippen LogP contribution in [-0.2, 0) is 17.6 Å². The van der Waals surface area contributed by atoms with Crippen molar-refractivity contribution in [3.8, 4) is 5.88 Å². The maximum atomic E-state index is 5.41. The quantitative estimate of drug-likeness (QED) is 0.863. The normalized spacial score (nSPS) is 18.6. The summed E-state index contributed by atoms with van der Waals surface area (Å²) >= 11 is 0. The molecule has 1 unspecified atom stereocenters. The first-order valence-electron chi connectivity index (χ1n) is 6.95. The van der Waals surface area contributed by atoms with Gasteiger partial charge >= 0.3 is 0 Å². The van der Waals surface area contributed by atoms with Crippen LogP contribution in [-0.4, -0.2) is 48.0 Å². The minimum atomic E-state index is 0.245. The van der Waals surface area contributed by atoms with Crippen molar-refractivity contribution in [2.24, 2.45) is 0 Å². The summed E-state index contributed by atoms with van der Waals surface area (Å²) in [7, 11) is 1.59. The third-order valence-corrected chi connectivity index (χ3v) is 3.30. The number of hydrogen-bond donors (Lipinski definition) is 1. The van der Waals surface area contributed by atoms with E-state index in [0.717, 1.165) is 18.7 Å². The molecule has 1 saturated heterocycles. The van der Waals surface area contributed by atoms with E-state index in [1.54, 1.807) is 13.3 Å². The van der Waals surface area contributed by atoms with Crippen LogP contribution in [0.5, 0.6) is 5.88 Å². The van der Waals surface area contributed by atoms with E-state index in [1.165, 1.54) is 0 Å². The zero-order valence-electron chi connectivity index (χ0n) is 11.9. The number of rotatable bonds is 5. The fraction of sp³-hybridized carbons (Fsp3) is 0.500. The second-order valence-corrected chi connectivity index (χ2v) is 4.92. The van der Waals surface area contributed by atoms with Crippen LogP contribution in [0.2, 0.25) is 0 Å². The lowest BCUT2D eigenvalue weighted by Gasteiger charge is -2.22. The van der Waals surface area contributed by atoms with Crippen LogP contribution < -0.4 is 10.1 Å². The topological polar surface area (TPSA) is 82.3 Å². The number of nitrogens with one attached hydrogen (secondary N) is 1.